The smallest absolute Gasteiger partial charge is 0.338 e. The standard InChI is InChI=1S/C25H27NO5/c1-3-30-23(28)25(24(29)31-4-2)22(19-13-9-6-10-14-19)20(17-27)21(26-25)16-15-18-11-7-5-8-12-18/h5-17,20-22,26H,3-4H2,1-2H3/b16-15+/t20-,21+,22+/m0/s1. The lowest BCUT2D eigenvalue weighted by Gasteiger charge is -2.31. The fourth-order valence-electron chi connectivity index (χ4n) is 4.14. The quantitative estimate of drug-likeness (QED) is 0.401. The van der Waals surface area contributed by atoms with Gasteiger partial charge in [0, 0.05) is 17.9 Å². The van der Waals surface area contributed by atoms with Crippen molar-refractivity contribution in [3.63, 3.8) is 0 Å². The number of rotatable bonds is 8. The van der Waals surface area contributed by atoms with Crippen LogP contribution in [0.4, 0.5) is 0 Å². The fraction of sp³-hybridized carbons (Fsp3) is 0.320. The van der Waals surface area contributed by atoms with Crippen LogP contribution in [0.15, 0.2) is 66.7 Å². The molecule has 1 aliphatic heterocycles. The monoisotopic (exact) mass is 421 g/mol. The number of hydrogen-bond donors (Lipinski definition) is 1. The Bertz CT molecular complexity index is 907. The summed E-state index contributed by atoms with van der Waals surface area (Å²) in [6.07, 6.45) is 4.47. The number of benzene rings is 2. The molecule has 2 aromatic carbocycles. The van der Waals surface area contributed by atoms with Crippen molar-refractivity contribution in [2.24, 2.45) is 5.92 Å². The van der Waals surface area contributed by atoms with E-state index in [1.165, 1.54) is 0 Å². The van der Waals surface area contributed by atoms with Gasteiger partial charge in [0.1, 0.15) is 6.29 Å². The molecule has 3 atom stereocenters. The Morgan fingerprint density at radius 1 is 0.935 bits per heavy atom. The molecule has 0 unspecified atom stereocenters. The maximum atomic E-state index is 13.2. The maximum Gasteiger partial charge on any atom is 0.338 e. The van der Waals surface area contributed by atoms with E-state index in [0.29, 0.717) is 5.56 Å². The molecule has 3 rings (SSSR count). The highest BCUT2D eigenvalue weighted by Gasteiger charge is 2.64. The van der Waals surface area contributed by atoms with Crippen LogP contribution in [0.1, 0.15) is 30.9 Å². The van der Waals surface area contributed by atoms with Gasteiger partial charge in [-0.15, -0.1) is 0 Å². The lowest BCUT2D eigenvalue weighted by Crippen LogP contribution is -2.60. The van der Waals surface area contributed by atoms with E-state index in [9.17, 15) is 14.4 Å². The molecule has 1 fully saturated rings. The zero-order valence-electron chi connectivity index (χ0n) is 17.7. The second-order valence-electron chi connectivity index (χ2n) is 7.29. The van der Waals surface area contributed by atoms with Gasteiger partial charge in [0.25, 0.3) is 0 Å². The SMILES string of the molecule is CCOC(=O)C1(C(=O)OCC)N[C@H](/C=C/c2ccccc2)[C@H](C=O)[C@H]1c1ccccc1. The molecule has 1 saturated heterocycles. The minimum Gasteiger partial charge on any atom is -0.464 e. The number of nitrogens with one attached hydrogen (secondary N) is 1. The third-order valence-corrected chi connectivity index (χ3v) is 5.47. The molecule has 0 radical (unpaired) electrons. The second kappa shape index (κ2) is 10.2. The molecule has 0 bridgehead atoms. The molecular weight excluding hydrogens is 394 g/mol. The van der Waals surface area contributed by atoms with Crippen LogP contribution in [0.25, 0.3) is 6.08 Å². The summed E-state index contributed by atoms with van der Waals surface area (Å²) in [6, 6.07) is 18.1. The molecule has 2 aromatic rings. The zero-order chi connectivity index (χ0) is 22.3. The Hall–Kier alpha value is -3.25. The normalized spacial score (nSPS) is 22.2. The third kappa shape index (κ3) is 4.44. The number of carbonyl (C=O) groups is 3. The Balaban J connectivity index is 2.12. The number of aldehydes is 1. The van der Waals surface area contributed by atoms with E-state index in [4.69, 9.17) is 9.47 Å². The molecule has 6 heteroatoms. The third-order valence-electron chi connectivity index (χ3n) is 5.47. The lowest BCUT2D eigenvalue weighted by atomic mass is 9.74. The van der Waals surface area contributed by atoms with Crippen LogP contribution >= 0.6 is 0 Å². The van der Waals surface area contributed by atoms with Gasteiger partial charge in [0.05, 0.1) is 13.2 Å². The number of hydrogen-bond acceptors (Lipinski definition) is 6. The van der Waals surface area contributed by atoms with Crippen molar-refractivity contribution in [2.75, 3.05) is 13.2 Å². The Morgan fingerprint density at radius 3 is 2.00 bits per heavy atom. The molecule has 6 nitrogen and oxygen atoms in total. The van der Waals surface area contributed by atoms with Crippen LogP contribution in [0.3, 0.4) is 0 Å². The molecule has 0 spiro atoms. The Labute approximate surface area is 182 Å². The highest BCUT2D eigenvalue weighted by atomic mass is 16.6. The van der Waals surface area contributed by atoms with Crippen LogP contribution in [0.5, 0.6) is 0 Å². The van der Waals surface area contributed by atoms with Gasteiger partial charge in [0.2, 0.25) is 5.54 Å². The maximum absolute atomic E-state index is 13.2. The van der Waals surface area contributed by atoms with Crippen LogP contribution in [-0.2, 0) is 23.9 Å². The van der Waals surface area contributed by atoms with Crippen molar-refractivity contribution in [2.45, 2.75) is 31.3 Å². The summed E-state index contributed by atoms with van der Waals surface area (Å²) in [5.74, 6) is -2.96. The second-order valence-corrected chi connectivity index (χ2v) is 7.29. The van der Waals surface area contributed by atoms with Crippen LogP contribution in [0.2, 0.25) is 0 Å². The average Bonchev–Trinajstić information content (AvgIpc) is 3.15. The van der Waals surface area contributed by atoms with Crippen LogP contribution in [-0.4, -0.2) is 43.0 Å². The molecular formula is C25H27NO5. The Morgan fingerprint density at radius 2 is 1.48 bits per heavy atom. The van der Waals surface area contributed by atoms with Gasteiger partial charge in [-0.05, 0) is 25.0 Å². The first-order chi connectivity index (χ1) is 15.1. The van der Waals surface area contributed by atoms with E-state index in [0.717, 1.165) is 11.8 Å². The van der Waals surface area contributed by atoms with Crippen molar-refractivity contribution < 1.29 is 23.9 Å². The minimum atomic E-state index is -1.83. The van der Waals surface area contributed by atoms with E-state index >= 15 is 0 Å². The predicted octanol–water partition coefficient (Wildman–Crippen LogP) is 3.14. The van der Waals surface area contributed by atoms with Gasteiger partial charge < -0.3 is 14.3 Å². The number of ether oxygens (including phenoxy) is 2. The van der Waals surface area contributed by atoms with E-state index in [-0.39, 0.29) is 13.2 Å². The molecule has 1 N–H and O–H groups in total. The first kappa shape index (κ1) is 22.4. The molecule has 0 aromatic heterocycles. The first-order valence-electron chi connectivity index (χ1n) is 10.4. The van der Waals surface area contributed by atoms with Gasteiger partial charge in [-0.25, -0.2) is 9.59 Å². The largest absolute Gasteiger partial charge is 0.464 e. The van der Waals surface area contributed by atoms with Crippen molar-refractivity contribution in [3.05, 3.63) is 77.9 Å². The lowest BCUT2D eigenvalue weighted by molar-refractivity contribution is -0.166. The zero-order valence-corrected chi connectivity index (χ0v) is 17.7. The predicted molar refractivity (Wildman–Crippen MR) is 117 cm³/mol. The van der Waals surface area contributed by atoms with E-state index < -0.39 is 35.4 Å². The molecule has 1 aliphatic rings. The van der Waals surface area contributed by atoms with E-state index in [1.807, 2.05) is 60.7 Å². The minimum absolute atomic E-state index is 0.0967. The van der Waals surface area contributed by atoms with Crippen molar-refractivity contribution in [1.82, 2.24) is 5.32 Å². The van der Waals surface area contributed by atoms with Gasteiger partial charge in [-0.1, -0.05) is 72.8 Å². The molecule has 0 aliphatic carbocycles. The highest BCUT2D eigenvalue weighted by molar-refractivity contribution is 6.07. The number of carbonyl (C=O) groups excluding carboxylic acids is 3. The summed E-state index contributed by atoms with van der Waals surface area (Å²) in [7, 11) is 0. The molecule has 1 heterocycles. The summed E-state index contributed by atoms with van der Waals surface area (Å²) in [5.41, 5.74) is -0.205. The highest BCUT2D eigenvalue weighted by Crippen LogP contribution is 2.44. The van der Waals surface area contributed by atoms with Crippen molar-refractivity contribution in [1.29, 1.82) is 0 Å². The molecule has 162 valence electrons. The summed E-state index contributed by atoms with van der Waals surface area (Å²) < 4.78 is 10.6. The molecule has 31 heavy (non-hydrogen) atoms. The van der Waals surface area contributed by atoms with Gasteiger partial charge in [0.15, 0.2) is 0 Å². The topological polar surface area (TPSA) is 81.7 Å². The van der Waals surface area contributed by atoms with Crippen LogP contribution < -0.4 is 5.32 Å². The molecule has 0 saturated carbocycles. The summed E-state index contributed by atoms with van der Waals surface area (Å²) in [4.78, 5) is 38.7. The molecule has 0 amide bonds. The average molecular weight is 421 g/mol. The van der Waals surface area contributed by atoms with Gasteiger partial charge >= 0.3 is 11.9 Å². The fourth-order valence-corrected chi connectivity index (χ4v) is 4.14. The van der Waals surface area contributed by atoms with Crippen molar-refractivity contribution in [3.8, 4) is 0 Å². The van der Waals surface area contributed by atoms with E-state index in [2.05, 4.69) is 5.32 Å². The summed E-state index contributed by atoms with van der Waals surface area (Å²) >= 11 is 0. The summed E-state index contributed by atoms with van der Waals surface area (Å²) in [5, 5.41) is 3.13. The van der Waals surface area contributed by atoms with Crippen LogP contribution in [0, 0.1) is 5.92 Å². The van der Waals surface area contributed by atoms with E-state index in [1.54, 1.807) is 26.0 Å². The summed E-state index contributed by atoms with van der Waals surface area (Å²) in [6.45, 7) is 3.54. The van der Waals surface area contributed by atoms with Gasteiger partial charge in [-0.2, -0.15) is 0 Å². The Kier molecular flexibility index (Phi) is 7.36. The van der Waals surface area contributed by atoms with Gasteiger partial charge in [-0.3, -0.25) is 5.32 Å². The van der Waals surface area contributed by atoms with Crippen molar-refractivity contribution >= 4 is 24.3 Å². The number of esters is 2. The first-order valence-corrected chi connectivity index (χ1v) is 10.4.